The Bertz CT molecular complexity index is 566. The molecule has 1 amide bonds. The largest absolute Gasteiger partial charge is 0.346 e. The molecule has 19 heavy (non-hydrogen) atoms. The van der Waals surface area contributed by atoms with Gasteiger partial charge < -0.3 is 9.88 Å². The number of carbonyl (C=O) groups is 1. The fraction of sp³-hybridized carbons (Fsp3) is 0.636. The lowest BCUT2D eigenvalue weighted by Crippen LogP contribution is -2.38. The smallest absolute Gasteiger partial charge is 0.237 e. The Kier molecular flexibility index (Phi) is 3.91. The SMILES string of the molecule is Cc1cnc([C@H]2CCN(C(=O)CNS(C)(=O)=O)C2)[nH]1. The number of carbonyl (C=O) groups excluding carboxylic acids is 1. The number of rotatable bonds is 4. The predicted octanol–water partition coefficient (Wildman–Crippen LogP) is -0.417. The van der Waals surface area contributed by atoms with Crippen LogP contribution < -0.4 is 4.72 Å². The van der Waals surface area contributed by atoms with Crippen molar-refractivity contribution >= 4 is 15.9 Å². The molecule has 1 aliphatic heterocycles. The highest BCUT2D eigenvalue weighted by Gasteiger charge is 2.28. The number of likely N-dealkylation sites (tertiary alicyclic amines) is 1. The van der Waals surface area contributed by atoms with Crippen molar-refractivity contribution in [3.8, 4) is 0 Å². The molecule has 0 aliphatic carbocycles. The number of aryl methyl sites for hydroxylation is 1. The van der Waals surface area contributed by atoms with Gasteiger partial charge in [-0.15, -0.1) is 0 Å². The summed E-state index contributed by atoms with van der Waals surface area (Å²) in [4.78, 5) is 21.0. The number of H-pyrrole nitrogens is 1. The Morgan fingerprint density at radius 1 is 1.63 bits per heavy atom. The van der Waals surface area contributed by atoms with E-state index in [1.165, 1.54) is 0 Å². The minimum absolute atomic E-state index is 0.178. The average Bonchev–Trinajstić information content (AvgIpc) is 2.93. The molecule has 1 fully saturated rings. The number of aromatic nitrogens is 2. The quantitative estimate of drug-likeness (QED) is 0.786. The van der Waals surface area contributed by atoms with Gasteiger partial charge in [-0.1, -0.05) is 0 Å². The van der Waals surface area contributed by atoms with Gasteiger partial charge in [0.15, 0.2) is 0 Å². The first kappa shape index (κ1) is 14.0. The molecule has 1 atom stereocenters. The van der Waals surface area contributed by atoms with E-state index in [-0.39, 0.29) is 18.4 Å². The number of imidazole rings is 1. The maximum Gasteiger partial charge on any atom is 0.237 e. The molecule has 0 bridgehead atoms. The van der Waals surface area contributed by atoms with Gasteiger partial charge >= 0.3 is 0 Å². The summed E-state index contributed by atoms with van der Waals surface area (Å²) in [6, 6.07) is 0. The van der Waals surface area contributed by atoms with Crippen LogP contribution in [0, 0.1) is 6.92 Å². The Hall–Kier alpha value is -1.41. The van der Waals surface area contributed by atoms with E-state index < -0.39 is 10.0 Å². The van der Waals surface area contributed by atoms with Crippen molar-refractivity contribution in [1.82, 2.24) is 19.6 Å². The Labute approximate surface area is 112 Å². The van der Waals surface area contributed by atoms with Crippen LogP contribution in [0.15, 0.2) is 6.20 Å². The van der Waals surface area contributed by atoms with Gasteiger partial charge in [-0.25, -0.2) is 18.1 Å². The second kappa shape index (κ2) is 5.30. The van der Waals surface area contributed by atoms with Crippen molar-refractivity contribution in [1.29, 1.82) is 0 Å². The lowest BCUT2D eigenvalue weighted by Gasteiger charge is -2.16. The Morgan fingerprint density at radius 3 is 2.95 bits per heavy atom. The molecule has 1 aromatic heterocycles. The summed E-state index contributed by atoms with van der Waals surface area (Å²) in [5.74, 6) is 0.899. The highest BCUT2D eigenvalue weighted by molar-refractivity contribution is 7.88. The summed E-state index contributed by atoms with van der Waals surface area (Å²) in [5, 5.41) is 0. The van der Waals surface area contributed by atoms with E-state index in [1.807, 2.05) is 6.92 Å². The van der Waals surface area contributed by atoms with Crippen LogP contribution >= 0.6 is 0 Å². The lowest BCUT2D eigenvalue weighted by atomic mass is 10.1. The fourth-order valence-corrected chi connectivity index (χ4v) is 2.54. The number of nitrogens with zero attached hydrogens (tertiary/aromatic N) is 2. The van der Waals surface area contributed by atoms with Gasteiger partial charge in [0.1, 0.15) is 5.82 Å². The first-order valence-electron chi connectivity index (χ1n) is 6.09. The molecule has 1 aromatic rings. The predicted molar refractivity (Wildman–Crippen MR) is 70.1 cm³/mol. The summed E-state index contributed by atoms with van der Waals surface area (Å²) < 4.78 is 24.1. The van der Waals surface area contributed by atoms with Gasteiger partial charge in [-0.3, -0.25) is 4.79 Å². The average molecular weight is 286 g/mol. The molecule has 106 valence electrons. The summed E-state index contributed by atoms with van der Waals surface area (Å²) in [6.07, 6.45) is 3.65. The van der Waals surface area contributed by atoms with Crippen molar-refractivity contribution in [3.63, 3.8) is 0 Å². The second-order valence-corrected chi connectivity index (χ2v) is 6.70. The molecule has 2 rings (SSSR count). The third kappa shape index (κ3) is 3.77. The molecule has 0 aromatic carbocycles. The molecule has 0 unspecified atom stereocenters. The van der Waals surface area contributed by atoms with Gasteiger partial charge in [0.05, 0.1) is 12.8 Å². The zero-order valence-electron chi connectivity index (χ0n) is 11.0. The topological polar surface area (TPSA) is 95.2 Å². The van der Waals surface area contributed by atoms with Crippen LogP contribution in [0.1, 0.15) is 23.9 Å². The second-order valence-electron chi connectivity index (χ2n) is 4.87. The van der Waals surface area contributed by atoms with Crippen molar-refractivity contribution < 1.29 is 13.2 Å². The standard InChI is InChI=1S/C11H18N4O3S/c1-8-5-12-11(14-8)9-3-4-15(7-9)10(16)6-13-19(2,17)18/h5,9,13H,3-4,6-7H2,1-2H3,(H,12,14)/t9-/m0/s1. The number of amides is 1. The highest BCUT2D eigenvalue weighted by Crippen LogP contribution is 2.24. The van der Waals surface area contributed by atoms with Crippen molar-refractivity contribution in [2.75, 3.05) is 25.9 Å². The molecular weight excluding hydrogens is 268 g/mol. The van der Waals surface area contributed by atoms with E-state index in [0.29, 0.717) is 13.1 Å². The molecule has 2 N–H and O–H groups in total. The maximum absolute atomic E-state index is 11.8. The van der Waals surface area contributed by atoms with Crippen molar-refractivity contribution in [2.45, 2.75) is 19.3 Å². The van der Waals surface area contributed by atoms with Crippen LogP contribution in [0.25, 0.3) is 0 Å². The Morgan fingerprint density at radius 2 is 2.37 bits per heavy atom. The van der Waals surface area contributed by atoms with Gasteiger partial charge in [-0.2, -0.15) is 0 Å². The van der Waals surface area contributed by atoms with E-state index in [1.54, 1.807) is 11.1 Å². The normalized spacial score (nSPS) is 19.9. The summed E-state index contributed by atoms with van der Waals surface area (Å²) in [5.41, 5.74) is 0.999. The molecule has 0 saturated carbocycles. The molecule has 0 spiro atoms. The summed E-state index contributed by atoms with van der Waals surface area (Å²) >= 11 is 0. The first-order chi connectivity index (χ1) is 8.85. The number of nitrogens with one attached hydrogen (secondary N) is 2. The zero-order valence-corrected chi connectivity index (χ0v) is 11.8. The summed E-state index contributed by atoms with van der Waals surface area (Å²) in [6.45, 7) is 2.97. The Balaban J connectivity index is 1.89. The van der Waals surface area contributed by atoms with Gasteiger partial charge in [0.2, 0.25) is 15.9 Å². The molecular formula is C11H18N4O3S. The molecule has 1 aliphatic rings. The molecule has 2 heterocycles. The van der Waals surface area contributed by atoms with Crippen LogP contribution in [-0.2, 0) is 14.8 Å². The highest BCUT2D eigenvalue weighted by atomic mass is 32.2. The minimum Gasteiger partial charge on any atom is -0.346 e. The van der Waals surface area contributed by atoms with Gasteiger partial charge in [0, 0.05) is 30.9 Å². The van der Waals surface area contributed by atoms with Crippen molar-refractivity contribution in [3.05, 3.63) is 17.7 Å². The number of aromatic amines is 1. The van der Waals surface area contributed by atoms with Crippen LogP contribution in [-0.4, -0.2) is 55.1 Å². The third-order valence-electron chi connectivity index (χ3n) is 3.14. The van der Waals surface area contributed by atoms with E-state index in [0.717, 1.165) is 24.2 Å². The third-order valence-corrected chi connectivity index (χ3v) is 3.80. The number of hydrogen-bond donors (Lipinski definition) is 2. The van der Waals surface area contributed by atoms with Crippen molar-refractivity contribution in [2.24, 2.45) is 0 Å². The van der Waals surface area contributed by atoms with E-state index in [9.17, 15) is 13.2 Å². The van der Waals surface area contributed by atoms with Crippen LogP contribution in [0.2, 0.25) is 0 Å². The summed E-state index contributed by atoms with van der Waals surface area (Å²) in [7, 11) is -3.33. The van der Waals surface area contributed by atoms with Gasteiger partial charge in [0.25, 0.3) is 0 Å². The van der Waals surface area contributed by atoms with Crippen LogP contribution in [0.5, 0.6) is 0 Å². The van der Waals surface area contributed by atoms with Crippen LogP contribution in [0.4, 0.5) is 0 Å². The maximum atomic E-state index is 11.8. The minimum atomic E-state index is -3.33. The van der Waals surface area contributed by atoms with Gasteiger partial charge in [-0.05, 0) is 13.3 Å². The lowest BCUT2D eigenvalue weighted by molar-refractivity contribution is -0.128. The van der Waals surface area contributed by atoms with E-state index in [4.69, 9.17) is 0 Å². The van der Waals surface area contributed by atoms with Crippen LogP contribution in [0.3, 0.4) is 0 Å². The monoisotopic (exact) mass is 286 g/mol. The molecule has 1 saturated heterocycles. The molecule has 7 nitrogen and oxygen atoms in total. The number of hydrogen-bond acceptors (Lipinski definition) is 4. The molecule has 8 heteroatoms. The fourth-order valence-electron chi connectivity index (χ4n) is 2.16. The molecule has 0 radical (unpaired) electrons. The van der Waals surface area contributed by atoms with E-state index in [2.05, 4.69) is 14.7 Å². The number of sulfonamides is 1. The zero-order chi connectivity index (χ0) is 14.0. The first-order valence-corrected chi connectivity index (χ1v) is 7.98. The van der Waals surface area contributed by atoms with E-state index >= 15 is 0 Å².